The lowest BCUT2D eigenvalue weighted by Crippen LogP contribution is -2.60. The molecule has 77 heavy (non-hydrogen) atoms. The predicted molar refractivity (Wildman–Crippen MR) is 332 cm³/mol. The van der Waals surface area contributed by atoms with Crippen molar-refractivity contribution in [2.75, 3.05) is 4.90 Å². The summed E-state index contributed by atoms with van der Waals surface area (Å²) in [5.74, 6) is 0. The molecule has 0 amide bonds. The molecule has 0 saturated heterocycles. The highest BCUT2D eigenvalue weighted by molar-refractivity contribution is 7.00. The smallest absolute Gasteiger partial charge is 0.252 e. The Kier molecular flexibility index (Phi) is 9.92. The van der Waals surface area contributed by atoms with Crippen LogP contribution in [-0.4, -0.2) is 11.3 Å². The van der Waals surface area contributed by atoms with Crippen LogP contribution in [0.5, 0.6) is 0 Å². The second kappa shape index (κ2) is 16.8. The lowest BCUT2D eigenvalue weighted by molar-refractivity contribution is 0.590. The first-order valence-electron chi connectivity index (χ1n) is 27.4. The Balaban J connectivity index is 1.15. The summed E-state index contributed by atoms with van der Waals surface area (Å²) in [5.41, 5.74) is 23.4. The maximum absolute atomic E-state index is 2.67. The molecule has 3 heterocycles. The molecule has 2 nitrogen and oxygen atoms in total. The highest BCUT2D eigenvalue weighted by Gasteiger charge is 2.44. The van der Waals surface area contributed by atoms with Crippen molar-refractivity contribution in [3.63, 3.8) is 0 Å². The second-order valence-corrected chi connectivity index (χ2v) is 23.6. The maximum Gasteiger partial charge on any atom is 0.252 e. The molecule has 0 saturated carbocycles. The summed E-state index contributed by atoms with van der Waals surface area (Å²) < 4.78 is 2.67. The van der Waals surface area contributed by atoms with Crippen LogP contribution in [0.25, 0.3) is 104 Å². The van der Waals surface area contributed by atoms with Crippen LogP contribution < -0.4 is 21.3 Å². The standard InChI is InChI=1S/C74H57BN2/c1-73(2,3)51-34-37-53(38-35-51)76-65-39-36-52(74(4,5)6)44-62(65)75-63-45-61-56-30-17-16-28-54(56)55-29-18-19-31-57(55)69(61)70-58-32-20-21-33-64(58)77(72(63)70)67-43-50(42-66(76)71(67)75)68-59(47-24-12-8-13-25-47)40-49(46-22-10-7-11-23-46)41-60(68)48-26-14-9-15-27-48/h7-45H,1-6H3. The van der Waals surface area contributed by atoms with E-state index in [0.717, 1.165) is 5.69 Å². The molecule has 0 unspecified atom stereocenters. The summed E-state index contributed by atoms with van der Waals surface area (Å²) in [6, 6.07) is 89.9. The van der Waals surface area contributed by atoms with Gasteiger partial charge in [0.2, 0.25) is 0 Å². The molecule has 0 radical (unpaired) electrons. The molecule has 0 N–H and O–H groups in total. The fourth-order valence-corrected chi connectivity index (χ4v) is 13.4. The van der Waals surface area contributed by atoms with Gasteiger partial charge in [-0.05, 0) is 158 Å². The van der Waals surface area contributed by atoms with Gasteiger partial charge in [0.05, 0.1) is 11.0 Å². The van der Waals surface area contributed by atoms with Crippen LogP contribution in [-0.2, 0) is 10.8 Å². The first-order valence-corrected chi connectivity index (χ1v) is 27.4. The summed E-state index contributed by atoms with van der Waals surface area (Å²) >= 11 is 0. The number of para-hydroxylation sites is 1. The maximum atomic E-state index is 2.67. The molecule has 0 bridgehead atoms. The van der Waals surface area contributed by atoms with Gasteiger partial charge in [0.25, 0.3) is 6.71 Å². The molecule has 13 aromatic rings. The minimum absolute atomic E-state index is 0.000542. The summed E-state index contributed by atoms with van der Waals surface area (Å²) in [5, 5.41) is 10.4. The van der Waals surface area contributed by atoms with Gasteiger partial charge in [-0.25, -0.2) is 0 Å². The average molecular weight is 985 g/mol. The molecule has 2 aliphatic rings. The predicted octanol–water partition coefficient (Wildman–Crippen LogP) is 18.1. The van der Waals surface area contributed by atoms with Crippen molar-refractivity contribution in [2.45, 2.75) is 52.4 Å². The summed E-state index contributed by atoms with van der Waals surface area (Å²) in [4.78, 5) is 2.60. The highest BCUT2D eigenvalue weighted by Crippen LogP contribution is 2.50. The van der Waals surface area contributed by atoms with Crippen molar-refractivity contribution in [3.8, 4) is 50.2 Å². The van der Waals surface area contributed by atoms with E-state index in [2.05, 4.69) is 288 Å². The van der Waals surface area contributed by atoms with Gasteiger partial charge in [-0.3, -0.25) is 0 Å². The van der Waals surface area contributed by atoms with E-state index in [4.69, 9.17) is 0 Å². The van der Waals surface area contributed by atoms with Crippen LogP contribution in [0.15, 0.2) is 237 Å². The topological polar surface area (TPSA) is 8.17 Å². The van der Waals surface area contributed by atoms with E-state index in [0.29, 0.717) is 0 Å². The van der Waals surface area contributed by atoms with Crippen molar-refractivity contribution in [2.24, 2.45) is 0 Å². The van der Waals surface area contributed by atoms with Crippen molar-refractivity contribution >= 4 is 94.3 Å². The molecule has 0 spiro atoms. The van der Waals surface area contributed by atoms with E-state index in [1.54, 1.807) is 0 Å². The fourth-order valence-electron chi connectivity index (χ4n) is 13.4. The Labute approximate surface area is 451 Å². The number of nitrogens with zero attached hydrogens (tertiary/aromatic N) is 2. The first kappa shape index (κ1) is 45.5. The van der Waals surface area contributed by atoms with Crippen molar-refractivity contribution in [1.29, 1.82) is 0 Å². The molecule has 366 valence electrons. The number of aromatic nitrogens is 1. The van der Waals surface area contributed by atoms with Crippen molar-refractivity contribution < 1.29 is 0 Å². The number of fused-ring (bicyclic) bond motifs is 14. The third-order valence-corrected chi connectivity index (χ3v) is 17.0. The van der Waals surface area contributed by atoms with Crippen molar-refractivity contribution in [1.82, 2.24) is 4.57 Å². The zero-order valence-corrected chi connectivity index (χ0v) is 44.5. The van der Waals surface area contributed by atoms with Crippen LogP contribution in [0, 0.1) is 0 Å². The molecular formula is C74H57BN2. The zero-order valence-electron chi connectivity index (χ0n) is 44.5. The van der Waals surface area contributed by atoms with Gasteiger partial charge in [-0.15, -0.1) is 0 Å². The Hall–Kier alpha value is -8.92. The minimum Gasteiger partial charge on any atom is -0.311 e. The number of benzene rings is 12. The molecule has 0 fully saturated rings. The van der Waals surface area contributed by atoms with Crippen molar-refractivity contribution in [3.05, 3.63) is 248 Å². The Bertz CT molecular complexity index is 4490. The molecule has 3 heteroatoms. The van der Waals surface area contributed by atoms with Crippen LogP contribution in [0.3, 0.4) is 0 Å². The SMILES string of the molecule is CC(C)(C)c1ccc(N2c3ccc(C(C)(C)C)cc3B3c4c2cc(-c2c(-c5ccccc5)cc(-c5ccccc5)cc2-c2ccccc2)cc4-n2c4ccccc4c4c5c6ccccc6c6ccccc6c5cc3c42)cc1. The number of hydrogen-bond acceptors (Lipinski definition) is 1. The summed E-state index contributed by atoms with van der Waals surface area (Å²) in [6.07, 6.45) is 0. The van der Waals surface area contributed by atoms with Crippen LogP contribution >= 0.6 is 0 Å². The van der Waals surface area contributed by atoms with E-state index in [-0.39, 0.29) is 17.5 Å². The monoisotopic (exact) mass is 984 g/mol. The Morgan fingerprint density at radius 2 is 0.844 bits per heavy atom. The van der Waals surface area contributed by atoms with Gasteiger partial charge in [0.15, 0.2) is 0 Å². The zero-order chi connectivity index (χ0) is 51.9. The van der Waals surface area contributed by atoms with E-state index >= 15 is 0 Å². The van der Waals surface area contributed by atoms with Gasteiger partial charge >= 0.3 is 0 Å². The number of hydrogen-bond donors (Lipinski definition) is 0. The highest BCUT2D eigenvalue weighted by atomic mass is 15.2. The lowest BCUT2D eigenvalue weighted by atomic mass is 9.33. The molecule has 1 aromatic heterocycles. The third-order valence-electron chi connectivity index (χ3n) is 17.0. The fraction of sp³-hybridized carbons (Fsp3) is 0.108. The molecule has 12 aromatic carbocycles. The minimum atomic E-state index is -0.0772. The van der Waals surface area contributed by atoms with Gasteiger partial charge in [-0.2, -0.15) is 0 Å². The Morgan fingerprint density at radius 1 is 0.338 bits per heavy atom. The van der Waals surface area contributed by atoms with E-state index < -0.39 is 0 Å². The van der Waals surface area contributed by atoms with E-state index in [1.807, 2.05) is 0 Å². The van der Waals surface area contributed by atoms with Gasteiger partial charge in [-0.1, -0.05) is 230 Å². The van der Waals surface area contributed by atoms with Crippen LogP contribution in [0.2, 0.25) is 0 Å². The first-order chi connectivity index (χ1) is 37.5. The molecule has 15 rings (SSSR count). The Morgan fingerprint density at radius 3 is 1.45 bits per heavy atom. The normalized spacial score (nSPS) is 13.0. The van der Waals surface area contributed by atoms with E-state index in [1.165, 1.54) is 143 Å². The van der Waals surface area contributed by atoms with Crippen LogP contribution in [0.1, 0.15) is 52.7 Å². The summed E-state index contributed by atoms with van der Waals surface area (Å²) in [7, 11) is 0. The molecule has 2 aliphatic heterocycles. The lowest BCUT2D eigenvalue weighted by Gasteiger charge is -2.41. The molecular weight excluding hydrogens is 928 g/mol. The average Bonchev–Trinajstić information content (AvgIpc) is 4.08. The summed E-state index contributed by atoms with van der Waals surface area (Å²) in [6.45, 7) is 13.9. The molecule has 0 atom stereocenters. The number of anilines is 3. The number of rotatable bonds is 5. The van der Waals surface area contributed by atoms with Gasteiger partial charge < -0.3 is 9.47 Å². The van der Waals surface area contributed by atoms with E-state index in [9.17, 15) is 0 Å². The molecule has 0 aliphatic carbocycles. The third kappa shape index (κ3) is 6.89. The quantitative estimate of drug-likeness (QED) is 0.123. The van der Waals surface area contributed by atoms with Gasteiger partial charge in [0, 0.05) is 38.9 Å². The van der Waals surface area contributed by atoms with Crippen LogP contribution in [0.4, 0.5) is 17.1 Å². The second-order valence-electron chi connectivity index (χ2n) is 23.6. The largest absolute Gasteiger partial charge is 0.311 e. The van der Waals surface area contributed by atoms with Gasteiger partial charge in [0.1, 0.15) is 0 Å².